The molecule has 0 aromatic heterocycles. The van der Waals surface area contributed by atoms with E-state index in [0.29, 0.717) is 11.3 Å². The Balaban J connectivity index is 1.49. The van der Waals surface area contributed by atoms with Gasteiger partial charge in [0.1, 0.15) is 11.5 Å². The number of carbonyl (C=O) groups excluding carboxylic acids is 4. The minimum absolute atomic E-state index is 0.00758. The molecule has 210 valence electrons. The molecule has 2 aromatic rings. The Morgan fingerprint density at radius 2 is 1.71 bits per heavy atom. The van der Waals surface area contributed by atoms with Crippen molar-refractivity contribution in [2.45, 2.75) is 32.0 Å². The van der Waals surface area contributed by atoms with Crippen molar-refractivity contribution in [3.05, 3.63) is 86.0 Å². The minimum atomic E-state index is -5.00. The van der Waals surface area contributed by atoms with E-state index >= 15 is 0 Å². The van der Waals surface area contributed by atoms with Gasteiger partial charge in [-0.25, -0.2) is 0 Å². The molecule has 1 aliphatic heterocycles. The molecule has 7 nitrogen and oxygen atoms in total. The number of anilines is 1. The molecule has 6 rings (SSSR count). The lowest BCUT2D eigenvalue weighted by atomic mass is 9.59. The maximum absolute atomic E-state index is 13.9. The van der Waals surface area contributed by atoms with Crippen molar-refractivity contribution >= 4 is 51.7 Å². The highest BCUT2D eigenvalue weighted by Gasteiger charge is 2.56. The Bertz CT molecular complexity index is 1640. The highest BCUT2D eigenvalue weighted by Crippen LogP contribution is 2.56. The number of alkyl halides is 3. The summed E-state index contributed by atoms with van der Waals surface area (Å²) < 4.78 is 44.1. The number of nitrogens with zero attached hydrogens (tertiary/aromatic N) is 1. The third-order valence-corrected chi connectivity index (χ3v) is 8.91. The number of hydrogen-bond donors (Lipinski definition) is 1. The molecule has 1 heterocycles. The summed E-state index contributed by atoms with van der Waals surface area (Å²) in [5, 5.41) is 10.8. The summed E-state index contributed by atoms with van der Waals surface area (Å²) in [5.41, 5.74) is 1.24. The summed E-state index contributed by atoms with van der Waals surface area (Å²) in [6, 6.07) is 9.88. The van der Waals surface area contributed by atoms with Crippen molar-refractivity contribution in [3.8, 4) is 11.5 Å². The van der Waals surface area contributed by atoms with Crippen LogP contribution in [0.15, 0.2) is 76.9 Å². The van der Waals surface area contributed by atoms with Gasteiger partial charge >= 0.3 is 6.36 Å². The van der Waals surface area contributed by atoms with Crippen LogP contribution in [0.4, 0.5) is 18.9 Å². The number of phenolic OH excluding ortho intramolecular Hbond substituents is 1. The fraction of sp³-hybridized carbons (Fsp3) is 0.267. The van der Waals surface area contributed by atoms with E-state index in [2.05, 4.69) is 27.3 Å². The Morgan fingerprint density at radius 1 is 1.00 bits per heavy atom. The fourth-order valence-corrected chi connectivity index (χ4v) is 6.90. The first-order valence-electron chi connectivity index (χ1n) is 12.8. The highest BCUT2D eigenvalue weighted by atomic mass is 127. The molecule has 0 spiro atoms. The normalized spacial score (nSPS) is 25.9. The number of imide groups is 1. The second-order valence-electron chi connectivity index (χ2n) is 10.5. The van der Waals surface area contributed by atoms with Gasteiger partial charge in [0.05, 0.1) is 17.5 Å². The second kappa shape index (κ2) is 9.68. The number of allylic oxidation sites excluding steroid dienone is 6. The van der Waals surface area contributed by atoms with Gasteiger partial charge in [-0.3, -0.25) is 24.1 Å². The fourth-order valence-electron chi connectivity index (χ4n) is 6.54. The van der Waals surface area contributed by atoms with Gasteiger partial charge in [0.25, 0.3) is 0 Å². The first-order valence-corrected chi connectivity index (χ1v) is 13.9. The summed E-state index contributed by atoms with van der Waals surface area (Å²) in [5.74, 6) is -6.13. The molecule has 41 heavy (non-hydrogen) atoms. The number of fused-ring (bicyclic) bond motifs is 3. The quantitative estimate of drug-likeness (QED) is 0.199. The van der Waals surface area contributed by atoms with Crippen molar-refractivity contribution in [2.24, 2.45) is 17.8 Å². The molecule has 4 unspecified atom stereocenters. The van der Waals surface area contributed by atoms with E-state index in [0.717, 1.165) is 26.7 Å². The van der Waals surface area contributed by atoms with Crippen LogP contribution in [0, 0.1) is 21.3 Å². The number of Topliss-reactive ketones (excluding diaryl/α,β-unsaturated/α-hetero) is 1. The molecule has 11 heteroatoms. The number of ketones is 2. The molecule has 1 fully saturated rings. The third kappa shape index (κ3) is 4.50. The predicted molar refractivity (Wildman–Crippen MR) is 148 cm³/mol. The number of phenols is 1. The predicted octanol–water partition coefficient (Wildman–Crippen LogP) is 5.53. The van der Waals surface area contributed by atoms with Crippen LogP contribution >= 0.6 is 22.6 Å². The van der Waals surface area contributed by atoms with E-state index in [-0.39, 0.29) is 41.0 Å². The average Bonchev–Trinajstić information content (AvgIpc) is 3.17. The lowest BCUT2D eigenvalue weighted by molar-refractivity contribution is -0.274. The number of hydrogen-bond acceptors (Lipinski definition) is 6. The Morgan fingerprint density at radius 3 is 2.39 bits per heavy atom. The molecular weight excluding hydrogens is 654 g/mol. The highest BCUT2D eigenvalue weighted by molar-refractivity contribution is 14.1. The van der Waals surface area contributed by atoms with Crippen molar-refractivity contribution in [2.75, 3.05) is 4.90 Å². The molecule has 4 atom stereocenters. The second-order valence-corrected chi connectivity index (χ2v) is 11.7. The van der Waals surface area contributed by atoms with Crippen molar-refractivity contribution < 1.29 is 42.2 Å². The van der Waals surface area contributed by atoms with Gasteiger partial charge in [-0.1, -0.05) is 11.6 Å². The SMILES string of the molecule is CC1=CC(=O)C2=C(CC3C(=CCC4C(=O)N(c5ccc(I)cc5)C(=O)C43)C2c2cc(OC(F)(F)F)ccc2O)C1=O. The number of aromatic hydroxyl groups is 1. The molecule has 4 aliphatic rings. The smallest absolute Gasteiger partial charge is 0.508 e. The van der Waals surface area contributed by atoms with Gasteiger partial charge < -0.3 is 9.84 Å². The molecule has 0 radical (unpaired) electrons. The van der Waals surface area contributed by atoms with E-state index in [1.165, 1.54) is 13.0 Å². The van der Waals surface area contributed by atoms with E-state index in [9.17, 15) is 37.5 Å². The minimum Gasteiger partial charge on any atom is -0.508 e. The largest absolute Gasteiger partial charge is 0.573 e. The monoisotopic (exact) mass is 675 g/mol. The zero-order chi connectivity index (χ0) is 29.4. The Labute approximate surface area is 245 Å². The van der Waals surface area contributed by atoms with E-state index in [4.69, 9.17) is 0 Å². The van der Waals surface area contributed by atoms with Crippen LogP contribution < -0.4 is 9.64 Å². The van der Waals surface area contributed by atoms with Gasteiger partial charge in [-0.05, 0) is 96.8 Å². The molecule has 1 saturated heterocycles. The number of rotatable bonds is 3. The molecule has 0 saturated carbocycles. The molecule has 0 bridgehead atoms. The van der Waals surface area contributed by atoms with Crippen LogP contribution in [0.1, 0.15) is 31.2 Å². The van der Waals surface area contributed by atoms with Crippen LogP contribution in [0.5, 0.6) is 11.5 Å². The van der Waals surface area contributed by atoms with Gasteiger partial charge in [0.2, 0.25) is 11.8 Å². The van der Waals surface area contributed by atoms with E-state index in [1.54, 1.807) is 30.3 Å². The summed E-state index contributed by atoms with van der Waals surface area (Å²) >= 11 is 2.11. The summed E-state index contributed by atoms with van der Waals surface area (Å²) in [7, 11) is 0. The number of amides is 2. The van der Waals surface area contributed by atoms with Crippen molar-refractivity contribution in [3.63, 3.8) is 0 Å². The average molecular weight is 675 g/mol. The van der Waals surface area contributed by atoms with E-state index < -0.39 is 59.0 Å². The number of ether oxygens (including phenoxy) is 1. The molecule has 2 aromatic carbocycles. The summed E-state index contributed by atoms with van der Waals surface area (Å²) in [4.78, 5) is 55.2. The van der Waals surface area contributed by atoms with Gasteiger partial charge in [-0.15, -0.1) is 13.2 Å². The molecule has 3 aliphatic carbocycles. The maximum Gasteiger partial charge on any atom is 0.573 e. The summed E-state index contributed by atoms with van der Waals surface area (Å²) in [6.45, 7) is 1.49. The maximum atomic E-state index is 13.9. The molecule has 1 N–H and O–H groups in total. The van der Waals surface area contributed by atoms with Gasteiger partial charge in [0.15, 0.2) is 11.6 Å². The Hall–Kier alpha value is -3.74. The molecule has 2 amide bonds. The number of benzene rings is 2. The zero-order valence-electron chi connectivity index (χ0n) is 21.4. The number of carbonyl (C=O) groups is 4. The summed E-state index contributed by atoms with van der Waals surface area (Å²) in [6.07, 6.45) is -1.94. The standard InChI is InChI=1S/C30H21F3INO6/c1-13-10-23(37)26-21(27(13)38)12-19-17(24(26)20-11-16(6-9-22(20)36)41-30(31,32)33)7-8-18-25(19)29(40)35(28(18)39)15-4-2-14(34)3-5-15/h2-7,9-11,18-19,24-25,36H,8,12H2,1H3. The lowest BCUT2D eigenvalue weighted by Crippen LogP contribution is -2.39. The van der Waals surface area contributed by atoms with Crippen LogP contribution in [0.3, 0.4) is 0 Å². The van der Waals surface area contributed by atoms with Gasteiger partial charge in [0, 0.05) is 31.8 Å². The van der Waals surface area contributed by atoms with Gasteiger partial charge in [-0.2, -0.15) is 0 Å². The Kier molecular flexibility index (Phi) is 6.47. The first kappa shape index (κ1) is 27.4. The lowest BCUT2D eigenvalue weighted by Gasteiger charge is -2.42. The zero-order valence-corrected chi connectivity index (χ0v) is 23.5. The van der Waals surface area contributed by atoms with Crippen LogP contribution in [0.2, 0.25) is 0 Å². The first-order chi connectivity index (χ1) is 19.4. The third-order valence-electron chi connectivity index (χ3n) is 8.19. The van der Waals surface area contributed by atoms with Crippen LogP contribution in [-0.4, -0.2) is 34.8 Å². The van der Waals surface area contributed by atoms with Crippen LogP contribution in [0.25, 0.3) is 0 Å². The topological polar surface area (TPSA) is 101 Å². The van der Waals surface area contributed by atoms with Crippen molar-refractivity contribution in [1.29, 1.82) is 0 Å². The van der Waals surface area contributed by atoms with Crippen LogP contribution in [-0.2, 0) is 19.2 Å². The van der Waals surface area contributed by atoms with Crippen molar-refractivity contribution in [1.82, 2.24) is 0 Å². The van der Waals surface area contributed by atoms with E-state index in [1.807, 2.05) is 0 Å². The number of halogens is 4. The molecular formula is C30H21F3INO6.